The van der Waals surface area contributed by atoms with E-state index in [1.54, 1.807) is 0 Å². The molecule has 0 aliphatic carbocycles. The molecule has 2 aromatic rings. The summed E-state index contributed by atoms with van der Waals surface area (Å²) in [6.07, 6.45) is 7.44. The standard InChI is InChI=1S/C17H25N3/c1-4-11-18-17(16-12-19-20(3)13-16)10-9-15-7-5-14(2)6-8-15/h5-8,12-13,17-18H,4,9-11H2,1-3H3. The largest absolute Gasteiger partial charge is 0.310 e. The van der Waals surface area contributed by atoms with Crippen LogP contribution in [-0.4, -0.2) is 16.3 Å². The second-order valence-corrected chi connectivity index (χ2v) is 5.48. The Hall–Kier alpha value is -1.61. The van der Waals surface area contributed by atoms with Crippen LogP contribution in [0.15, 0.2) is 36.7 Å². The van der Waals surface area contributed by atoms with Gasteiger partial charge in [-0.3, -0.25) is 4.68 Å². The van der Waals surface area contributed by atoms with E-state index in [-0.39, 0.29) is 0 Å². The van der Waals surface area contributed by atoms with Crippen LogP contribution in [0.25, 0.3) is 0 Å². The Morgan fingerprint density at radius 2 is 2.00 bits per heavy atom. The van der Waals surface area contributed by atoms with Crippen LogP contribution in [0.5, 0.6) is 0 Å². The molecule has 3 nitrogen and oxygen atoms in total. The fourth-order valence-electron chi connectivity index (χ4n) is 2.39. The number of rotatable bonds is 7. The minimum absolute atomic E-state index is 0.393. The van der Waals surface area contributed by atoms with Crippen LogP contribution in [0, 0.1) is 6.92 Å². The maximum atomic E-state index is 4.29. The van der Waals surface area contributed by atoms with Crippen molar-refractivity contribution in [2.75, 3.05) is 6.54 Å². The summed E-state index contributed by atoms with van der Waals surface area (Å²) in [6.45, 7) is 5.38. The molecule has 0 saturated heterocycles. The average Bonchev–Trinajstić information content (AvgIpc) is 2.87. The van der Waals surface area contributed by atoms with Gasteiger partial charge >= 0.3 is 0 Å². The van der Waals surface area contributed by atoms with E-state index in [9.17, 15) is 0 Å². The van der Waals surface area contributed by atoms with Gasteiger partial charge in [-0.1, -0.05) is 36.8 Å². The van der Waals surface area contributed by atoms with Gasteiger partial charge in [-0.2, -0.15) is 5.10 Å². The van der Waals surface area contributed by atoms with Crippen LogP contribution < -0.4 is 5.32 Å². The molecule has 2 rings (SSSR count). The summed E-state index contributed by atoms with van der Waals surface area (Å²) in [6, 6.07) is 9.23. The molecular formula is C17H25N3. The number of hydrogen-bond donors (Lipinski definition) is 1. The van der Waals surface area contributed by atoms with Gasteiger partial charge in [0.2, 0.25) is 0 Å². The molecule has 0 aliphatic rings. The molecule has 0 amide bonds. The summed E-state index contributed by atoms with van der Waals surface area (Å²) in [5.41, 5.74) is 4.01. The number of aryl methyl sites for hydroxylation is 3. The highest BCUT2D eigenvalue weighted by atomic mass is 15.2. The first-order chi connectivity index (χ1) is 9.69. The van der Waals surface area contributed by atoms with Crippen LogP contribution >= 0.6 is 0 Å². The van der Waals surface area contributed by atoms with Gasteiger partial charge in [-0.05, 0) is 38.3 Å². The molecule has 1 N–H and O–H groups in total. The monoisotopic (exact) mass is 271 g/mol. The van der Waals surface area contributed by atoms with E-state index >= 15 is 0 Å². The van der Waals surface area contributed by atoms with Crippen molar-refractivity contribution in [2.45, 2.75) is 39.2 Å². The van der Waals surface area contributed by atoms with Gasteiger partial charge in [0.1, 0.15) is 0 Å². The van der Waals surface area contributed by atoms with E-state index in [1.165, 1.54) is 16.7 Å². The molecule has 0 saturated carbocycles. The minimum atomic E-state index is 0.393. The third kappa shape index (κ3) is 4.20. The van der Waals surface area contributed by atoms with E-state index < -0.39 is 0 Å². The lowest BCUT2D eigenvalue weighted by molar-refractivity contribution is 0.499. The number of nitrogens with one attached hydrogen (secondary N) is 1. The van der Waals surface area contributed by atoms with Crippen LogP contribution in [0.1, 0.15) is 42.5 Å². The lowest BCUT2D eigenvalue weighted by Crippen LogP contribution is -2.22. The van der Waals surface area contributed by atoms with Crippen LogP contribution in [0.4, 0.5) is 0 Å². The maximum absolute atomic E-state index is 4.29. The summed E-state index contributed by atoms with van der Waals surface area (Å²) in [4.78, 5) is 0. The van der Waals surface area contributed by atoms with Crippen molar-refractivity contribution in [1.29, 1.82) is 0 Å². The quantitative estimate of drug-likeness (QED) is 0.836. The van der Waals surface area contributed by atoms with Gasteiger partial charge in [0, 0.05) is 24.8 Å². The molecule has 0 radical (unpaired) electrons. The van der Waals surface area contributed by atoms with Gasteiger partial charge in [-0.15, -0.1) is 0 Å². The molecule has 0 fully saturated rings. The molecule has 108 valence electrons. The summed E-state index contributed by atoms with van der Waals surface area (Å²) in [7, 11) is 1.97. The predicted molar refractivity (Wildman–Crippen MR) is 83.7 cm³/mol. The van der Waals surface area contributed by atoms with Crippen molar-refractivity contribution in [1.82, 2.24) is 15.1 Å². The lowest BCUT2D eigenvalue weighted by Gasteiger charge is -2.17. The molecule has 0 aliphatic heterocycles. The lowest BCUT2D eigenvalue weighted by atomic mass is 10.0. The van der Waals surface area contributed by atoms with Crippen molar-refractivity contribution >= 4 is 0 Å². The first-order valence-corrected chi connectivity index (χ1v) is 7.46. The Bertz CT molecular complexity index is 513. The van der Waals surface area contributed by atoms with Crippen LogP contribution in [-0.2, 0) is 13.5 Å². The average molecular weight is 271 g/mol. The summed E-state index contributed by atoms with van der Waals surface area (Å²) in [5.74, 6) is 0. The molecule has 3 heteroatoms. The van der Waals surface area contributed by atoms with E-state index in [0.29, 0.717) is 6.04 Å². The smallest absolute Gasteiger partial charge is 0.0537 e. The van der Waals surface area contributed by atoms with E-state index in [0.717, 1.165) is 25.8 Å². The highest BCUT2D eigenvalue weighted by Gasteiger charge is 2.12. The molecule has 1 heterocycles. The first kappa shape index (κ1) is 14.8. The first-order valence-electron chi connectivity index (χ1n) is 7.46. The molecule has 0 spiro atoms. The summed E-state index contributed by atoms with van der Waals surface area (Å²) in [5, 5.41) is 7.92. The zero-order valence-corrected chi connectivity index (χ0v) is 12.8. The van der Waals surface area contributed by atoms with Crippen molar-refractivity contribution in [3.63, 3.8) is 0 Å². The Labute approximate surface area is 122 Å². The van der Waals surface area contributed by atoms with Gasteiger partial charge in [0.25, 0.3) is 0 Å². The zero-order chi connectivity index (χ0) is 14.4. The van der Waals surface area contributed by atoms with E-state index in [4.69, 9.17) is 0 Å². The van der Waals surface area contributed by atoms with E-state index in [1.807, 2.05) is 17.9 Å². The predicted octanol–water partition coefficient (Wildman–Crippen LogP) is 3.40. The molecule has 1 atom stereocenters. The van der Waals surface area contributed by atoms with Crippen molar-refractivity contribution in [3.8, 4) is 0 Å². The van der Waals surface area contributed by atoms with Crippen molar-refractivity contribution in [2.24, 2.45) is 7.05 Å². The third-order valence-electron chi connectivity index (χ3n) is 3.61. The van der Waals surface area contributed by atoms with Gasteiger partial charge in [0.15, 0.2) is 0 Å². The second kappa shape index (κ2) is 7.25. The van der Waals surface area contributed by atoms with Gasteiger partial charge in [-0.25, -0.2) is 0 Å². The van der Waals surface area contributed by atoms with Crippen molar-refractivity contribution in [3.05, 3.63) is 53.3 Å². The Morgan fingerprint density at radius 3 is 2.60 bits per heavy atom. The molecule has 1 unspecified atom stereocenters. The Balaban J connectivity index is 1.98. The normalized spacial score (nSPS) is 12.6. The Kier molecular flexibility index (Phi) is 5.36. The second-order valence-electron chi connectivity index (χ2n) is 5.48. The highest BCUT2D eigenvalue weighted by Crippen LogP contribution is 2.19. The number of nitrogens with zero attached hydrogens (tertiary/aromatic N) is 2. The fourth-order valence-corrected chi connectivity index (χ4v) is 2.39. The maximum Gasteiger partial charge on any atom is 0.0537 e. The zero-order valence-electron chi connectivity index (χ0n) is 12.8. The van der Waals surface area contributed by atoms with Crippen LogP contribution in [0.3, 0.4) is 0 Å². The van der Waals surface area contributed by atoms with Crippen LogP contribution in [0.2, 0.25) is 0 Å². The molecule has 1 aromatic carbocycles. The third-order valence-corrected chi connectivity index (χ3v) is 3.61. The molecule has 20 heavy (non-hydrogen) atoms. The molecule has 1 aromatic heterocycles. The SMILES string of the molecule is CCCNC(CCc1ccc(C)cc1)c1cnn(C)c1. The number of aromatic nitrogens is 2. The van der Waals surface area contributed by atoms with Gasteiger partial charge < -0.3 is 5.32 Å². The highest BCUT2D eigenvalue weighted by molar-refractivity contribution is 5.22. The summed E-state index contributed by atoms with van der Waals surface area (Å²) < 4.78 is 1.88. The van der Waals surface area contributed by atoms with Crippen molar-refractivity contribution < 1.29 is 0 Å². The Morgan fingerprint density at radius 1 is 1.25 bits per heavy atom. The van der Waals surface area contributed by atoms with Gasteiger partial charge in [0.05, 0.1) is 6.20 Å². The fraction of sp³-hybridized carbons (Fsp3) is 0.471. The van der Waals surface area contributed by atoms with E-state index in [2.05, 4.69) is 54.7 Å². The number of hydrogen-bond acceptors (Lipinski definition) is 2. The summed E-state index contributed by atoms with van der Waals surface area (Å²) >= 11 is 0. The molecular weight excluding hydrogens is 246 g/mol. The minimum Gasteiger partial charge on any atom is -0.310 e. The number of benzene rings is 1. The topological polar surface area (TPSA) is 29.9 Å². The molecule has 0 bridgehead atoms.